The summed E-state index contributed by atoms with van der Waals surface area (Å²) in [6.07, 6.45) is 1.64. The van der Waals surface area contributed by atoms with Crippen LogP contribution in [0.3, 0.4) is 0 Å². The van der Waals surface area contributed by atoms with Gasteiger partial charge < -0.3 is 10.6 Å². The first-order valence-corrected chi connectivity index (χ1v) is 10.3. The van der Waals surface area contributed by atoms with Crippen LogP contribution in [0, 0.1) is 19.7 Å². The highest BCUT2D eigenvalue weighted by Gasteiger charge is 2.19. The number of nitrogens with one attached hydrogen (secondary N) is 2. The van der Waals surface area contributed by atoms with Crippen LogP contribution in [0.5, 0.6) is 0 Å². The van der Waals surface area contributed by atoms with Gasteiger partial charge in [0.25, 0.3) is 5.91 Å². The average molecular weight is 443 g/mol. The van der Waals surface area contributed by atoms with Gasteiger partial charge in [0.15, 0.2) is 0 Å². The number of aryl methyl sites for hydroxylation is 2. The van der Waals surface area contributed by atoms with E-state index in [1.807, 2.05) is 19.9 Å². The van der Waals surface area contributed by atoms with Gasteiger partial charge in [0.1, 0.15) is 17.5 Å². The molecule has 2 amide bonds. The zero-order valence-electron chi connectivity index (χ0n) is 18.4. The number of anilines is 2. The molecule has 33 heavy (non-hydrogen) atoms. The maximum absolute atomic E-state index is 13.4. The average Bonchev–Trinajstić information content (AvgIpc) is 3.09. The van der Waals surface area contributed by atoms with Gasteiger partial charge in [-0.25, -0.2) is 14.1 Å². The molecule has 7 nitrogen and oxygen atoms in total. The molecular weight excluding hydrogens is 421 g/mol. The van der Waals surface area contributed by atoms with E-state index in [1.165, 1.54) is 19.1 Å². The molecule has 0 atom stereocenters. The SMILES string of the molecule is CC(=O)Nc1c(-c2ccc(F)cc2)c(C)nn1-c1ccc(C(=O)Nc2cc(C)ccn2)cc1. The molecule has 2 heterocycles. The van der Waals surface area contributed by atoms with Crippen molar-refractivity contribution in [2.75, 3.05) is 10.6 Å². The third kappa shape index (κ3) is 4.79. The van der Waals surface area contributed by atoms with Crippen LogP contribution in [0.25, 0.3) is 16.8 Å². The van der Waals surface area contributed by atoms with Gasteiger partial charge in [0, 0.05) is 24.2 Å². The summed E-state index contributed by atoms with van der Waals surface area (Å²) in [5.74, 6) is 0.0441. The van der Waals surface area contributed by atoms with E-state index in [-0.39, 0.29) is 17.6 Å². The molecule has 166 valence electrons. The Kier molecular flexibility index (Phi) is 5.99. The number of halogens is 1. The molecule has 0 fully saturated rings. The number of carbonyl (C=O) groups excluding carboxylic acids is 2. The maximum Gasteiger partial charge on any atom is 0.256 e. The van der Waals surface area contributed by atoms with Crippen LogP contribution < -0.4 is 10.6 Å². The van der Waals surface area contributed by atoms with Crippen molar-refractivity contribution in [3.05, 3.63) is 89.5 Å². The fourth-order valence-electron chi connectivity index (χ4n) is 3.51. The molecular formula is C25H22FN5O2. The van der Waals surface area contributed by atoms with Crippen LogP contribution in [-0.4, -0.2) is 26.6 Å². The molecule has 0 saturated heterocycles. The molecule has 2 aromatic heterocycles. The molecule has 0 unspecified atom stereocenters. The van der Waals surface area contributed by atoms with Gasteiger partial charge in [-0.3, -0.25) is 9.59 Å². The van der Waals surface area contributed by atoms with E-state index < -0.39 is 0 Å². The molecule has 0 spiro atoms. The fourth-order valence-corrected chi connectivity index (χ4v) is 3.51. The molecule has 4 aromatic rings. The molecule has 0 bridgehead atoms. The van der Waals surface area contributed by atoms with Crippen LogP contribution in [0.1, 0.15) is 28.5 Å². The van der Waals surface area contributed by atoms with E-state index in [4.69, 9.17) is 0 Å². The smallest absolute Gasteiger partial charge is 0.256 e. The second kappa shape index (κ2) is 9.04. The molecule has 4 rings (SSSR count). The van der Waals surface area contributed by atoms with Crippen molar-refractivity contribution in [2.24, 2.45) is 0 Å². The van der Waals surface area contributed by atoms with E-state index in [2.05, 4.69) is 20.7 Å². The van der Waals surface area contributed by atoms with Crippen LogP contribution in [-0.2, 0) is 4.79 Å². The number of aromatic nitrogens is 3. The third-order valence-corrected chi connectivity index (χ3v) is 5.02. The highest BCUT2D eigenvalue weighted by molar-refractivity contribution is 6.04. The monoisotopic (exact) mass is 443 g/mol. The highest BCUT2D eigenvalue weighted by atomic mass is 19.1. The summed E-state index contributed by atoms with van der Waals surface area (Å²) >= 11 is 0. The Hall–Kier alpha value is -4.33. The molecule has 2 N–H and O–H groups in total. The minimum absolute atomic E-state index is 0.263. The lowest BCUT2D eigenvalue weighted by atomic mass is 10.1. The van der Waals surface area contributed by atoms with Gasteiger partial charge in [-0.1, -0.05) is 12.1 Å². The normalized spacial score (nSPS) is 10.7. The van der Waals surface area contributed by atoms with Crippen molar-refractivity contribution >= 4 is 23.5 Å². The number of pyridine rings is 1. The zero-order valence-corrected chi connectivity index (χ0v) is 18.4. The predicted octanol–water partition coefficient (Wildman–Crippen LogP) is 4.90. The first-order chi connectivity index (χ1) is 15.8. The Morgan fingerprint density at radius 2 is 1.64 bits per heavy atom. The third-order valence-electron chi connectivity index (χ3n) is 5.02. The number of rotatable bonds is 5. The largest absolute Gasteiger partial charge is 0.310 e. The number of hydrogen-bond acceptors (Lipinski definition) is 4. The van der Waals surface area contributed by atoms with Crippen LogP contribution in [0.15, 0.2) is 66.9 Å². The summed E-state index contributed by atoms with van der Waals surface area (Å²) in [6, 6.07) is 16.5. The number of nitrogens with zero attached hydrogens (tertiary/aromatic N) is 3. The Morgan fingerprint density at radius 3 is 2.27 bits per heavy atom. The Morgan fingerprint density at radius 1 is 0.939 bits per heavy atom. The van der Waals surface area contributed by atoms with E-state index in [0.717, 1.165) is 11.1 Å². The number of amides is 2. The highest BCUT2D eigenvalue weighted by Crippen LogP contribution is 2.33. The Balaban J connectivity index is 1.67. The number of carbonyl (C=O) groups is 2. The van der Waals surface area contributed by atoms with Crippen molar-refractivity contribution in [3.8, 4) is 16.8 Å². The van der Waals surface area contributed by atoms with Gasteiger partial charge in [-0.15, -0.1) is 0 Å². The lowest BCUT2D eigenvalue weighted by molar-refractivity contribution is -0.114. The van der Waals surface area contributed by atoms with Gasteiger partial charge in [0.05, 0.1) is 11.4 Å². The molecule has 0 aliphatic carbocycles. The molecule has 0 radical (unpaired) electrons. The standard InChI is InChI=1S/C25H22FN5O2/c1-15-12-13-27-22(14-15)29-25(33)19-6-10-21(11-7-19)31-24(28-17(3)32)23(16(2)30-31)18-4-8-20(26)9-5-18/h4-14H,1-3H3,(H,28,32)(H,27,29,33). The van der Waals surface area contributed by atoms with Crippen molar-refractivity contribution < 1.29 is 14.0 Å². The summed E-state index contributed by atoms with van der Waals surface area (Å²) in [6.45, 7) is 5.15. The van der Waals surface area contributed by atoms with E-state index in [1.54, 1.807) is 53.3 Å². The van der Waals surface area contributed by atoms with Crippen LogP contribution >= 0.6 is 0 Å². The van der Waals surface area contributed by atoms with Crippen molar-refractivity contribution in [2.45, 2.75) is 20.8 Å². The van der Waals surface area contributed by atoms with Gasteiger partial charge in [0.2, 0.25) is 5.91 Å². The minimum Gasteiger partial charge on any atom is -0.310 e. The second-order valence-corrected chi connectivity index (χ2v) is 7.63. The molecule has 2 aromatic carbocycles. The predicted molar refractivity (Wildman–Crippen MR) is 125 cm³/mol. The molecule has 8 heteroatoms. The zero-order chi connectivity index (χ0) is 23.5. The number of hydrogen-bond donors (Lipinski definition) is 2. The van der Waals surface area contributed by atoms with Crippen molar-refractivity contribution in [1.29, 1.82) is 0 Å². The van der Waals surface area contributed by atoms with E-state index in [9.17, 15) is 14.0 Å². The van der Waals surface area contributed by atoms with Crippen molar-refractivity contribution in [3.63, 3.8) is 0 Å². The maximum atomic E-state index is 13.4. The van der Waals surface area contributed by atoms with Gasteiger partial charge in [-0.05, 0) is 73.5 Å². The lowest BCUT2D eigenvalue weighted by Gasteiger charge is -2.11. The Bertz CT molecular complexity index is 1330. The fraction of sp³-hybridized carbons (Fsp3) is 0.120. The van der Waals surface area contributed by atoms with Crippen LogP contribution in [0.4, 0.5) is 16.0 Å². The number of benzene rings is 2. The molecule has 0 aliphatic rings. The van der Waals surface area contributed by atoms with Gasteiger partial charge >= 0.3 is 0 Å². The van der Waals surface area contributed by atoms with Crippen molar-refractivity contribution in [1.82, 2.24) is 14.8 Å². The van der Waals surface area contributed by atoms with E-state index in [0.29, 0.717) is 34.1 Å². The first kappa shape index (κ1) is 21.9. The summed E-state index contributed by atoms with van der Waals surface area (Å²) in [5, 5.41) is 10.2. The first-order valence-electron chi connectivity index (χ1n) is 10.3. The van der Waals surface area contributed by atoms with E-state index >= 15 is 0 Å². The minimum atomic E-state index is -0.348. The summed E-state index contributed by atoms with van der Waals surface area (Å²) in [7, 11) is 0. The van der Waals surface area contributed by atoms with Gasteiger partial charge in [-0.2, -0.15) is 5.10 Å². The lowest BCUT2D eigenvalue weighted by Crippen LogP contribution is -2.14. The topological polar surface area (TPSA) is 88.9 Å². The summed E-state index contributed by atoms with van der Waals surface area (Å²) < 4.78 is 15.0. The summed E-state index contributed by atoms with van der Waals surface area (Å²) in [5.41, 5.74) is 4.18. The quantitative estimate of drug-likeness (QED) is 0.459. The Labute approximate surface area is 190 Å². The van der Waals surface area contributed by atoms with Crippen LogP contribution in [0.2, 0.25) is 0 Å². The molecule has 0 aliphatic heterocycles. The summed E-state index contributed by atoms with van der Waals surface area (Å²) in [4.78, 5) is 28.7. The molecule has 0 saturated carbocycles. The second-order valence-electron chi connectivity index (χ2n) is 7.63.